The Hall–Kier alpha value is -1.82. The van der Waals surface area contributed by atoms with Crippen LogP contribution in [0.2, 0.25) is 0 Å². The predicted octanol–water partition coefficient (Wildman–Crippen LogP) is 5.30. The van der Waals surface area contributed by atoms with Crippen molar-refractivity contribution >= 4 is 22.0 Å². The largest absolute Gasteiger partial charge is 0.449 e. The number of unbranched alkanes of at least 4 members (excludes halogenated alkanes) is 1. The van der Waals surface area contributed by atoms with Crippen LogP contribution in [0.15, 0.2) is 34.9 Å². The van der Waals surface area contributed by atoms with Crippen molar-refractivity contribution in [2.45, 2.75) is 51.1 Å². The summed E-state index contributed by atoms with van der Waals surface area (Å²) in [5, 5.41) is 0. The smallest absolute Gasteiger partial charge is 0.410 e. The van der Waals surface area contributed by atoms with Gasteiger partial charge in [0.1, 0.15) is 5.82 Å². The fourth-order valence-electron chi connectivity index (χ4n) is 4.24. The van der Waals surface area contributed by atoms with E-state index < -0.39 is 0 Å². The molecule has 1 aromatic heterocycles. The van der Waals surface area contributed by atoms with Gasteiger partial charge in [0.15, 0.2) is 0 Å². The highest BCUT2D eigenvalue weighted by atomic mass is 79.9. The van der Waals surface area contributed by atoms with Crippen molar-refractivity contribution in [2.75, 3.05) is 6.61 Å². The Morgan fingerprint density at radius 1 is 1.35 bits per heavy atom. The second kappa shape index (κ2) is 7.43. The number of nitrogens with zero attached hydrogens (tertiary/aromatic N) is 2. The molecule has 2 heterocycles. The van der Waals surface area contributed by atoms with Gasteiger partial charge in [-0.2, -0.15) is 0 Å². The molecule has 1 aliphatic heterocycles. The van der Waals surface area contributed by atoms with Crippen LogP contribution >= 0.6 is 15.9 Å². The topological polar surface area (TPSA) is 58.2 Å². The number of carbonyl (C=O) groups excluding carboxylic acids is 1. The third-order valence-corrected chi connectivity index (χ3v) is 6.08. The van der Waals surface area contributed by atoms with Crippen molar-refractivity contribution < 1.29 is 9.53 Å². The first-order valence-corrected chi connectivity index (χ1v) is 10.2. The summed E-state index contributed by atoms with van der Waals surface area (Å²) in [5.41, 5.74) is 2.07. The summed E-state index contributed by atoms with van der Waals surface area (Å²) in [7, 11) is 0. The lowest BCUT2D eigenvalue weighted by Gasteiger charge is -2.33. The molecule has 2 bridgehead atoms. The molecule has 1 N–H and O–H groups in total. The average Bonchev–Trinajstić information content (AvgIpc) is 3.37. The summed E-state index contributed by atoms with van der Waals surface area (Å²) in [6, 6.07) is 8.44. The van der Waals surface area contributed by atoms with E-state index in [0.717, 1.165) is 53.7 Å². The number of likely N-dealkylation sites (tertiary alicyclic amines) is 1. The van der Waals surface area contributed by atoms with Gasteiger partial charge in [-0.05, 0) is 49.3 Å². The number of fused-ring (bicyclic) bond motifs is 2. The summed E-state index contributed by atoms with van der Waals surface area (Å²) < 4.78 is 6.57. The molecule has 5 nitrogen and oxygen atoms in total. The SMILES string of the molecule is CCCCOC(=O)N1C2CCC(C2)C1c1ncc(-c2ccc(Br)cc2)[nH]1. The fraction of sp³-hybridized carbons (Fsp3) is 0.500. The quantitative estimate of drug-likeness (QED) is 0.671. The first kappa shape index (κ1) is 17.6. The molecule has 1 aliphatic carbocycles. The highest BCUT2D eigenvalue weighted by Crippen LogP contribution is 2.49. The van der Waals surface area contributed by atoms with Crippen molar-refractivity contribution in [3.05, 3.63) is 40.8 Å². The molecular formula is C20H24BrN3O2. The first-order chi connectivity index (χ1) is 12.7. The molecule has 1 aromatic carbocycles. The summed E-state index contributed by atoms with van der Waals surface area (Å²) >= 11 is 3.46. The molecule has 1 saturated carbocycles. The predicted molar refractivity (Wildman–Crippen MR) is 104 cm³/mol. The zero-order chi connectivity index (χ0) is 18.1. The van der Waals surface area contributed by atoms with Gasteiger partial charge in [-0.3, -0.25) is 4.90 Å². The molecule has 3 atom stereocenters. The van der Waals surface area contributed by atoms with Crippen LogP contribution in [0.5, 0.6) is 0 Å². The molecule has 3 unspecified atom stereocenters. The van der Waals surface area contributed by atoms with Gasteiger partial charge in [-0.25, -0.2) is 9.78 Å². The van der Waals surface area contributed by atoms with E-state index in [1.54, 1.807) is 0 Å². The number of imidazole rings is 1. The number of H-pyrrole nitrogens is 1. The average molecular weight is 418 g/mol. The van der Waals surface area contributed by atoms with Gasteiger partial charge in [-0.1, -0.05) is 41.4 Å². The molecule has 0 spiro atoms. The van der Waals surface area contributed by atoms with Crippen LogP contribution in [0.25, 0.3) is 11.3 Å². The number of hydrogen-bond donors (Lipinski definition) is 1. The Morgan fingerprint density at radius 3 is 2.92 bits per heavy atom. The van der Waals surface area contributed by atoms with E-state index >= 15 is 0 Å². The lowest BCUT2D eigenvalue weighted by atomic mass is 9.98. The molecular weight excluding hydrogens is 394 g/mol. The number of aromatic amines is 1. The van der Waals surface area contributed by atoms with Gasteiger partial charge in [0.2, 0.25) is 0 Å². The van der Waals surface area contributed by atoms with E-state index in [1.807, 2.05) is 23.2 Å². The Balaban J connectivity index is 1.55. The zero-order valence-corrected chi connectivity index (χ0v) is 16.5. The number of benzene rings is 1. The summed E-state index contributed by atoms with van der Waals surface area (Å²) in [4.78, 5) is 22.7. The van der Waals surface area contributed by atoms with Gasteiger partial charge < -0.3 is 9.72 Å². The van der Waals surface area contributed by atoms with E-state index in [1.165, 1.54) is 0 Å². The lowest BCUT2D eigenvalue weighted by Crippen LogP contribution is -2.41. The van der Waals surface area contributed by atoms with E-state index in [2.05, 4.69) is 45.0 Å². The van der Waals surface area contributed by atoms with E-state index in [-0.39, 0.29) is 12.1 Å². The first-order valence-electron chi connectivity index (χ1n) is 9.43. The van der Waals surface area contributed by atoms with Gasteiger partial charge in [-0.15, -0.1) is 0 Å². The Labute approximate surface area is 162 Å². The molecule has 26 heavy (non-hydrogen) atoms. The third kappa shape index (κ3) is 3.27. The lowest BCUT2D eigenvalue weighted by molar-refractivity contribution is 0.0663. The molecule has 0 radical (unpaired) electrons. The monoisotopic (exact) mass is 417 g/mol. The third-order valence-electron chi connectivity index (χ3n) is 5.55. The summed E-state index contributed by atoms with van der Waals surface area (Å²) in [5.74, 6) is 1.35. The normalized spacial score (nSPS) is 24.2. The minimum atomic E-state index is -0.183. The Bertz CT molecular complexity index is 774. The van der Waals surface area contributed by atoms with Crippen LogP contribution in [0.4, 0.5) is 4.79 Å². The molecule has 2 aliphatic rings. The van der Waals surface area contributed by atoms with E-state index in [9.17, 15) is 4.79 Å². The number of nitrogens with one attached hydrogen (secondary N) is 1. The molecule has 2 fully saturated rings. The number of hydrogen-bond acceptors (Lipinski definition) is 3. The molecule has 138 valence electrons. The minimum Gasteiger partial charge on any atom is -0.449 e. The maximum atomic E-state index is 12.7. The van der Waals surface area contributed by atoms with Gasteiger partial charge in [0.25, 0.3) is 0 Å². The highest BCUT2D eigenvalue weighted by Gasteiger charge is 2.50. The number of aromatic nitrogens is 2. The molecule has 1 saturated heterocycles. The summed E-state index contributed by atoms with van der Waals surface area (Å²) in [6.07, 6.45) is 6.90. The van der Waals surface area contributed by atoms with Crippen LogP contribution < -0.4 is 0 Å². The van der Waals surface area contributed by atoms with Crippen LogP contribution in [-0.2, 0) is 4.74 Å². The van der Waals surface area contributed by atoms with E-state index in [4.69, 9.17) is 4.74 Å². The maximum absolute atomic E-state index is 12.7. The van der Waals surface area contributed by atoms with E-state index in [0.29, 0.717) is 18.6 Å². The molecule has 4 rings (SSSR count). The van der Waals surface area contributed by atoms with Crippen LogP contribution in [0, 0.1) is 5.92 Å². The second-order valence-corrected chi connectivity index (χ2v) is 8.15. The number of halogens is 1. The number of carbonyl (C=O) groups is 1. The minimum absolute atomic E-state index is 0.00655. The zero-order valence-electron chi connectivity index (χ0n) is 15.0. The van der Waals surface area contributed by atoms with Crippen molar-refractivity contribution in [1.82, 2.24) is 14.9 Å². The second-order valence-electron chi connectivity index (χ2n) is 7.24. The van der Waals surface area contributed by atoms with Crippen molar-refractivity contribution in [3.8, 4) is 11.3 Å². The molecule has 2 aromatic rings. The van der Waals surface area contributed by atoms with Crippen LogP contribution in [-0.4, -0.2) is 33.6 Å². The number of amides is 1. The van der Waals surface area contributed by atoms with Crippen molar-refractivity contribution in [1.29, 1.82) is 0 Å². The number of piperidine rings is 1. The number of rotatable bonds is 5. The standard InChI is InChI=1S/C20H24BrN3O2/c1-2-3-10-26-20(25)24-16-9-6-14(11-16)18(24)19-22-12-17(23-19)13-4-7-15(21)8-5-13/h4-5,7-8,12,14,16,18H,2-3,6,9-11H2,1H3,(H,22,23). The van der Waals surface area contributed by atoms with Crippen LogP contribution in [0.3, 0.4) is 0 Å². The van der Waals surface area contributed by atoms with Crippen molar-refractivity contribution in [2.24, 2.45) is 5.92 Å². The fourth-order valence-corrected chi connectivity index (χ4v) is 4.51. The molecule has 6 heteroatoms. The molecule has 1 amide bonds. The summed E-state index contributed by atoms with van der Waals surface area (Å²) in [6.45, 7) is 2.60. The van der Waals surface area contributed by atoms with Gasteiger partial charge >= 0.3 is 6.09 Å². The maximum Gasteiger partial charge on any atom is 0.410 e. The Kier molecular flexibility index (Phi) is 5.02. The highest BCUT2D eigenvalue weighted by molar-refractivity contribution is 9.10. The van der Waals surface area contributed by atoms with Gasteiger partial charge in [0, 0.05) is 10.5 Å². The van der Waals surface area contributed by atoms with Crippen LogP contribution in [0.1, 0.15) is 50.9 Å². The Morgan fingerprint density at radius 2 is 2.15 bits per heavy atom. The number of ether oxygens (including phenoxy) is 1. The van der Waals surface area contributed by atoms with Crippen molar-refractivity contribution in [3.63, 3.8) is 0 Å². The van der Waals surface area contributed by atoms with Gasteiger partial charge in [0.05, 0.1) is 24.5 Å².